The van der Waals surface area contributed by atoms with E-state index < -0.39 is 33.1 Å². The van der Waals surface area contributed by atoms with Crippen molar-refractivity contribution >= 4 is 44.6 Å². The van der Waals surface area contributed by atoms with E-state index >= 15 is 0 Å². The van der Waals surface area contributed by atoms with Crippen molar-refractivity contribution < 1.29 is 27.6 Å². The summed E-state index contributed by atoms with van der Waals surface area (Å²) in [5.74, 6) is 0.718. The monoisotopic (exact) mass is 607 g/mol. The van der Waals surface area contributed by atoms with Crippen LogP contribution in [-0.4, -0.2) is 62.3 Å². The fourth-order valence-corrected chi connectivity index (χ4v) is 6.40. The number of amides is 1. The van der Waals surface area contributed by atoms with Gasteiger partial charge in [0.25, 0.3) is 5.69 Å². The lowest BCUT2D eigenvalue weighted by Crippen LogP contribution is -2.43. The Morgan fingerprint density at radius 2 is 1.88 bits per heavy atom. The largest absolute Gasteiger partial charge is 0.493 e. The van der Waals surface area contributed by atoms with Crippen LogP contribution in [0.4, 0.5) is 5.69 Å². The minimum absolute atomic E-state index is 0.175. The van der Waals surface area contributed by atoms with Crippen LogP contribution in [0.5, 0.6) is 11.5 Å². The van der Waals surface area contributed by atoms with Crippen LogP contribution >= 0.6 is 22.9 Å². The number of rotatable bonds is 14. The Labute approximate surface area is 242 Å². The van der Waals surface area contributed by atoms with E-state index in [1.54, 1.807) is 25.2 Å². The number of aryl methyl sites for hydroxylation is 1. The molecule has 2 aromatic carbocycles. The van der Waals surface area contributed by atoms with E-state index in [4.69, 9.17) is 21.1 Å². The molecule has 1 amide bonds. The molecule has 0 N–H and O–H groups in total. The third-order valence-corrected chi connectivity index (χ3v) is 9.31. The summed E-state index contributed by atoms with van der Waals surface area (Å²) in [5, 5.41) is 13.1. The molecular formula is C27H30ClN3O7S2. The highest BCUT2D eigenvalue weighted by molar-refractivity contribution is 7.89. The van der Waals surface area contributed by atoms with Gasteiger partial charge in [-0.15, -0.1) is 17.9 Å². The quantitative estimate of drug-likeness (QED) is 0.142. The Hall–Kier alpha value is -3.45. The van der Waals surface area contributed by atoms with Crippen molar-refractivity contribution in [2.75, 3.05) is 33.9 Å². The predicted molar refractivity (Wildman–Crippen MR) is 155 cm³/mol. The van der Waals surface area contributed by atoms with Gasteiger partial charge in [0, 0.05) is 24.0 Å². The molecule has 1 aromatic heterocycles. The molecule has 0 unspecified atom stereocenters. The highest BCUT2D eigenvalue weighted by Gasteiger charge is 2.30. The van der Waals surface area contributed by atoms with Gasteiger partial charge in [-0.05, 0) is 60.2 Å². The van der Waals surface area contributed by atoms with Crippen molar-refractivity contribution in [3.8, 4) is 11.5 Å². The number of ether oxygens (including phenoxy) is 2. The Bertz CT molecular complexity index is 1490. The number of nitro benzene ring substituents is 1. The standard InChI is InChI=1S/C27H30ClN3O7S2/c1-5-12-30(40(35,36)21-7-8-22(28)23(16-21)31(33)34)18-27(32)29(17-26-19(2)11-14-39-26)13-10-20-6-9-24(37-3)25(15-20)38-4/h5-9,11,14-16H,1,10,12-13,17-18H2,2-4H3. The number of benzene rings is 2. The molecule has 40 heavy (non-hydrogen) atoms. The fourth-order valence-electron chi connectivity index (χ4n) is 3.92. The van der Waals surface area contributed by atoms with Gasteiger partial charge in [-0.25, -0.2) is 8.42 Å². The molecule has 3 aromatic rings. The highest BCUT2D eigenvalue weighted by atomic mass is 35.5. The fraction of sp³-hybridized carbons (Fsp3) is 0.296. The van der Waals surface area contributed by atoms with E-state index in [2.05, 4.69) is 6.58 Å². The average Bonchev–Trinajstić information content (AvgIpc) is 3.34. The zero-order valence-corrected chi connectivity index (χ0v) is 24.7. The van der Waals surface area contributed by atoms with Gasteiger partial charge in [-0.2, -0.15) is 4.31 Å². The number of carbonyl (C=O) groups excluding carboxylic acids is 1. The van der Waals surface area contributed by atoms with Crippen LogP contribution in [0.2, 0.25) is 5.02 Å². The van der Waals surface area contributed by atoms with Crippen LogP contribution in [0, 0.1) is 17.0 Å². The molecule has 0 fully saturated rings. The van der Waals surface area contributed by atoms with E-state index in [-0.39, 0.29) is 16.5 Å². The Balaban J connectivity index is 1.89. The van der Waals surface area contributed by atoms with E-state index in [9.17, 15) is 23.3 Å². The zero-order chi connectivity index (χ0) is 29.4. The molecule has 0 atom stereocenters. The van der Waals surface area contributed by atoms with Crippen LogP contribution in [0.3, 0.4) is 0 Å². The SMILES string of the molecule is C=CCN(CC(=O)N(CCc1ccc(OC)c(OC)c1)Cc1sccc1C)S(=O)(=O)c1ccc(Cl)c([N+](=O)[O-])c1. The van der Waals surface area contributed by atoms with Crippen molar-refractivity contribution in [1.82, 2.24) is 9.21 Å². The number of sulfonamides is 1. The predicted octanol–water partition coefficient (Wildman–Crippen LogP) is 5.08. The summed E-state index contributed by atoms with van der Waals surface area (Å²) in [6.45, 7) is 5.51. The van der Waals surface area contributed by atoms with Crippen LogP contribution in [0.25, 0.3) is 0 Å². The number of halogens is 1. The first kappa shape index (κ1) is 31.1. The van der Waals surface area contributed by atoms with Gasteiger partial charge >= 0.3 is 0 Å². The Kier molecular flexibility index (Phi) is 10.7. The Morgan fingerprint density at radius 1 is 1.15 bits per heavy atom. The van der Waals surface area contributed by atoms with Gasteiger partial charge < -0.3 is 14.4 Å². The van der Waals surface area contributed by atoms with E-state index in [0.29, 0.717) is 31.0 Å². The summed E-state index contributed by atoms with van der Waals surface area (Å²) in [6.07, 6.45) is 1.83. The first-order valence-electron chi connectivity index (χ1n) is 12.1. The molecule has 0 aliphatic rings. The molecular weight excluding hydrogens is 578 g/mol. The third-order valence-electron chi connectivity index (χ3n) is 6.17. The molecule has 3 rings (SSSR count). The van der Waals surface area contributed by atoms with Gasteiger partial charge in [0.1, 0.15) is 5.02 Å². The maximum absolute atomic E-state index is 13.6. The third kappa shape index (κ3) is 7.39. The maximum Gasteiger partial charge on any atom is 0.289 e. The van der Waals surface area contributed by atoms with Crippen LogP contribution in [0.15, 0.2) is 65.4 Å². The highest BCUT2D eigenvalue weighted by Crippen LogP contribution is 2.30. The molecule has 0 bridgehead atoms. The van der Waals surface area contributed by atoms with Gasteiger partial charge in [0.2, 0.25) is 15.9 Å². The minimum atomic E-state index is -4.29. The maximum atomic E-state index is 13.6. The molecule has 0 saturated heterocycles. The van der Waals surface area contributed by atoms with Crippen molar-refractivity contribution in [1.29, 1.82) is 0 Å². The lowest BCUT2D eigenvalue weighted by atomic mass is 10.1. The van der Waals surface area contributed by atoms with Crippen molar-refractivity contribution in [2.24, 2.45) is 0 Å². The number of hydrogen-bond acceptors (Lipinski definition) is 8. The second kappa shape index (κ2) is 13.8. The number of hydrogen-bond donors (Lipinski definition) is 0. The van der Waals surface area contributed by atoms with Crippen LogP contribution < -0.4 is 9.47 Å². The first-order valence-corrected chi connectivity index (χ1v) is 14.8. The van der Waals surface area contributed by atoms with Gasteiger partial charge in [-0.3, -0.25) is 14.9 Å². The Morgan fingerprint density at radius 3 is 2.48 bits per heavy atom. The number of nitrogens with zero attached hydrogens (tertiary/aromatic N) is 3. The molecule has 10 nitrogen and oxygen atoms in total. The summed E-state index contributed by atoms with van der Waals surface area (Å²) >= 11 is 7.38. The lowest BCUT2D eigenvalue weighted by Gasteiger charge is -2.27. The van der Waals surface area contributed by atoms with Crippen LogP contribution in [0.1, 0.15) is 16.0 Å². The molecule has 0 spiro atoms. The van der Waals surface area contributed by atoms with E-state index in [0.717, 1.165) is 32.4 Å². The molecule has 0 aliphatic carbocycles. The molecule has 0 saturated carbocycles. The smallest absolute Gasteiger partial charge is 0.289 e. The summed E-state index contributed by atoms with van der Waals surface area (Å²) in [7, 11) is -1.20. The minimum Gasteiger partial charge on any atom is -0.493 e. The topological polar surface area (TPSA) is 119 Å². The van der Waals surface area contributed by atoms with E-state index in [1.165, 1.54) is 23.5 Å². The summed E-state index contributed by atoms with van der Waals surface area (Å²) < 4.78 is 38.6. The molecule has 214 valence electrons. The molecule has 0 radical (unpaired) electrons. The summed E-state index contributed by atoms with van der Waals surface area (Å²) in [6, 6.07) is 10.7. The number of carbonyl (C=O) groups is 1. The van der Waals surface area contributed by atoms with Crippen molar-refractivity contribution in [3.63, 3.8) is 0 Å². The molecule has 0 aliphatic heterocycles. The summed E-state index contributed by atoms with van der Waals surface area (Å²) in [5.41, 5.74) is 1.39. The van der Waals surface area contributed by atoms with Crippen molar-refractivity contribution in [2.45, 2.75) is 24.8 Å². The van der Waals surface area contributed by atoms with Gasteiger partial charge in [-0.1, -0.05) is 23.7 Å². The van der Waals surface area contributed by atoms with Gasteiger partial charge in [0.15, 0.2) is 11.5 Å². The van der Waals surface area contributed by atoms with E-state index in [1.807, 2.05) is 30.5 Å². The second-order valence-corrected chi connectivity index (χ2v) is 12.1. The van der Waals surface area contributed by atoms with Crippen LogP contribution in [-0.2, 0) is 27.8 Å². The average molecular weight is 608 g/mol. The van der Waals surface area contributed by atoms with Crippen molar-refractivity contribution in [3.05, 3.63) is 91.6 Å². The number of thiophene rings is 1. The molecule has 13 heteroatoms. The zero-order valence-electron chi connectivity index (χ0n) is 22.3. The summed E-state index contributed by atoms with van der Waals surface area (Å²) in [4.78, 5) is 26.4. The van der Waals surface area contributed by atoms with Gasteiger partial charge in [0.05, 0.1) is 37.1 Å². The lowest BCUT2D eigenvalue weighted by molar-refractivity contribution is -0.384. The second-order valence-electron chi connectivity index (χ2n) is 8.74. The first-order chi connectivity index (χ1) is 19.0. The normalized spacial score (nSPS) is 11.3. The number of methoxy groups -OCH3 is 2. The number of nitro groups is 1. The molecule has 1 heterocycles.